The molecule has 1 aromatic carbocycles. The van der Waals surface area contributed by atoms with E-state index in [1.54, 1.807) is 26.2 Å². The van der Waals surface area contributed by atoms with E-state index in [0.29, 0.717) is 5.02 Å². The molecule has 72 valence electrons. The van der Waals surface area contributed by atoms with Crippen LogP contribution in [-0.4, -0.2) is 18.8 Å². The van der Waals surface area contributed by atoms with Crippen LogP contribution in [0.2, 0.25) is 5.02 Å². The molecule has 1 N–H and O–H groups in total. The van der Waals surface area contributed by atoms with E-state index in [1.807, 2.05) is 12.1 Å². The summed E-state index contributed by atoms with van der Waals surface area (Å²) in [6.07, 6.45) is 0. The molecule has 1 rings (SSSR count). The molecule has 13 heavy (non-hydrogen) atoms. The highest BCUT2D eigenvalue weighted by molar-refractivity contribution is 6.30. The summed E-state index contributed by atoms with van der Waals surface area (Å²) < 4.78 is 4.91. The maximum Gasteiger partial charge on any atom is 0.110 e. The number of hydrogen-bond donors (Lipinski definition) is 1. The SMILES string of the molecule is COCC(C)(O)c1cccc(Cl)c1. The third kappa shape index (κ3) is 2.69. The molecule has 1 atom stereocenters. The quantitative estimate of drug-likeness (QED) is 0.811. The van der Waals surface area contributed by atoms with E-state index in [4.69, 9.17) is 16.3 Å². The van der Waals surface area contributed by atoms with Crippen molar-refractivity contribution >= 4 is 11.6 Å². The van der Waals surface area contributed by atoms with Crippen molar-refractivity contribution in [1.82, 2.24) is 0 Å². The Balaban J connectivity index is 2.93. The number of ether oxygens (including phenoxy) is 1. The molecular formula is C10H13ClO2. The molecule has 0 bridgehead atoms. The molecule has 0 aliphatic heterocycles. The summed E-state index contributed by atoms with van der Waals surface area (Å²) in [6.45, 7) is 1.95. The molecule has 0 saturated carbocycles. The lowest BCUT2D eigenvalue weighted by Crippen LogP contribution is -2.26. The van der Waals surface area contributed by atoms with Crippen LogP contribution in [0.5, 0.6) is 0 Å². The van der Waals surface area contributed by atoms with Crippen LogP contribution in [0.1, 0.15) is 12.5 Å². The van der Waals surface area contributed by atoms with Crippen LogP contribution >= 0.6 is 11.6 Å². The van der Waals surface area contributed by atoms with Gasteiger partial charge in [0.05, 0.1) is 6.61 Å². The average Bonchev–Trinajstić information content (AvgIpc) is 2.04. The largest absolute Gasteiger partial charge is 0.383 e. The van der Waals surface area contributed by atoms with Gasteiger partial charge in [0, 0.05) is 12.1 Å². The average molecular weight is 201 g/mol. The minimum Gasteiger partial charge on any atom is -0.383 e. The van der Waals surface area contributed by atoms with Crippen molar-refractivity contribution in [1.29, 1.82) is 0 Å². The number of rotatable bonds is 3. The van der Waals surface area contributed by atoms with Crippen molar-refractivity contribution in [3.63, 3.8) is 0 Å². The van der Waals surface area contributed by atoms with E-state index in [2.05, 4.69) is 0 Å². The lowest BCUT2D eigenvalue weighted by molar-refractivity contribution is -0.0208. The minimum absolute atomic E-state index is 0.257. The molecule has 0 heterocycles. The Morgan fingerprint density at radius 2 is 2.23 bits per heavy atom. The number of benzene rings is 1. The van der Waals surface area contributed by atoms with Gasteiger partial charge in [0.2, 0.25) is 0 Å². The number of aliphatic hydroxyl groups is 1. The summed E-state index contributed by atoms with van der Waals surface area (Å²) in [4.78, 5) is 0. The van der Waals surface area contributed by atoms with Gasteiger partial charge in [-0.3, -0.25) is 0 Å². The third-order valence-electron chi connectivity index (χ3n) is 1.87. The van der Waals surface area contributed by atoms with Gasteiger partial charge in [-0.25, -0.2) is 0 Å². The van der Waals surface area contributed by atoms with Gasteiger partial charge in [-0.1, -0.05) is 23.7 Å². The van der Waals surface area contributed by atoms with Crippen LogP contribution in [0, 0.1) is 0 Å². The van der Waals surface area contributed by atoms with Crippen molar-refractivity contribution in [2.24, 2.45) is 0 Å². The fraction of sp³-hybridized carbons (Fsp3) is 0.400. The fourth-order valence-electron chi connectivity index (χ4n) is 1.19. The first-order valence-corrected chi connectivity index (χ1v) is 4.41. The Labute approximate surface area is 83.1 Å². The Morgan fingerprint density at radius 3 is 2.77 bits per heavy atom. The summed E-state index contributed by atoms with van der Waals surface area (Å²) in [5, 5.41) is 10.5. The van der Waals surface area contributed by atoms with Crippen LogP contribution in [0.15, 0.2) is 24.3 Å². The van der Waals surface area contributed by atoms with Crippen molar-refractivity contribution < 1.29 is 9.84 Å². The van der Waals surface area contributed by atoms with Crippen LogP contribution in [0.4, 0.5) is 0 Å². The van der Waals surface area contributed by atoms with Gasteiger partial charge in [-0.15, -0.1) is 0 Å². The minimum atomic E-state index is -0.973. The first-order chi connectivity index (χ1) is 6.06. The molecule has 0 fully saturated rings. The van der Waals surface area contributed by atoms with Crippen LogP contribution < -0.4 is 0 Å². The van der Waals surface area contributed by atoms with E-state index in [9.17, 15) is 5.11 Å². The summed E-state index contributed by atoms with van der Waals surface area (Å²) in [5.41, 5.74) is -0.207. The highest BCUT2D eigenvalue weighted by Crippen LogP contribution is 2.23. The molecule has 0 aliphatic carbocycles. The van der Waals surface area contributed by atoms with Crippen LogP contribution in [0.3, 0.4) is 0 Å². The predicted octanol–water partition coefficient (Wildman–Crippen LogP) is 2.19. The molecule has 0 saturated heterocycles. The van der Waals surface area contributed by atoms with Crippen molar-refractivity contribution in [3.8, 4) is 0 Å². The first kappa shape index (κ1) is 10.5. The van der Waals surface area contributed by atoms with Gasteiger partial charge in [0.15, 0.2) is 0 Å². The number of halogens is 1. The molecule has 0 amide bonds. The molecule has 1 aromatic rings. The molecule has 3 heteroatoms. The van der Waals surface area contributed by atoms with Gasteiger partial charge >= 0.3 is 0 Å². The fourth-order valence-corrected chi connectivity index (χ4v) is 1.38. The monoisotopic (exact) mass is 200 g/mol. The second-order valence-corrected chi connectivity index (χ2v) is 3.65. The number of methoxy groups -OCH3 is 1. The maximum absolute atomic E-state index is 9.93. The molecule has 0 radical (unpaired) electrons. The van der Waals surface area contributed by atoms with Gasteiger partial charge in [-0.05, 0) is 24.6 Å². The second kappa shape index (κ2) is 4.09. The molecule has 2 nitrogen and oxygen atoms in total. The second-order valence-electron chi connectivity index (χ2n) is 3.22. The van der Waals surface area contributed by atoms with Gasteiger partial charge in [0.25, 0.3) is 0 Å². The predicted molar refractivity (Wildman–Crippen MR) is 52.9 cm³/mol. The third-order valence-corrected chi connectivity index (χ3v) is 2.11. The zero-order chi connectivity index (χ0) is 9.90. The normalized spacial score (nSPS) is 15.4. The van der Waals surface area contributed by atoms with Crippen molar-refractivity contribution in [2.45, 2.75) is 12.5 Å². The summed E-state index contributed by atoms with van der Waals surface area (Å²) in [6, 6.07) is 7.14. The van der Waals surface area contributed by atoms with Gasteiger partial charge < -0.3 is 9.84 Å². The molecule has 0 aromatic heterocycles. The molecular weight excluding hydrogens is 188 g/mol. The molecule has 1 unspecified atom stereocenters. The van der Waals surface area contributed by atoms with Gasteiger partial charge in [0.1, 0.15) is 5.60 Å². The Hall–Kier alpha value is -0.570. The molecule has 0 spiro atoms. The summed E-state index contributed by atoms with van der Waals surface area (Å²) in [5.74, 6) is 0. The van der Waals surface area contributed by atoms with E-state index in [1.165, 1.54) is 0 Å². The lowest BCUT2D eigenvalue weighted by Gasteiger charge is -2.22. The van der Waals surface area contributed by atoms with E-state index in [-0.39, 0.29) is 6.61 Å². The van der Waals surface area contributed by atoms with E-state index < -0.39 is 5.60 Å². The van der Waals surface area contributed by atoms with Gasteiger partial charge in [-0.2, -0.15) is 0 Å². The molecule has 0 aliphatic rings. The van der Waals surface area contributed by atoms with Crippen molar-refractivity contribution in [2.75, 3.05) is 13.7 Å². The highest BCUT2D eigenvalue weighted by Gasteiger charge is 2.22. The zero-order valence-corrected chi connectivity index (χ0v) is 8.51. The van der Waals surface area contributed by atoms with Crippen LogP contribution in [-0.2, 0) is 10.3 Å². The van der Waals surface area contributed by atoms with E-state index >= 15 is 0 Å². The van der Waals surface area contributed by atoms with Crippen LogP contribution in [0.25, 0.3) is 0 Å². The Bertz CT molecular complexity index is 284. The number of hydrogen-bond acceptors (Lipinski definition) is 2. The lowest BCUT2D eigenvalue weighted by atomic mass is 9.97. The smallest absolute Gasteiger partial charge is 0.110 e. The Kier molecular flexibility index (Phi) is 3.31. The Morgan fingerprint density at radius 1 is 1.54 bits per heavy atom. The first-order valence-electron chi connectivity index (χ1n) is 4.03. The standard InChI is InChI=1S/C10H13ClO2/c1-10(12,7-13-2)8-4-3-5-9(11)6-8/h3-6,12H,7H2,1-2H3. The maximum atomic E-state index is 9.93. The summed E-state index contributed by atoms with van der Waals surface area (Å²) >= 11 is 5.80. The summed E-state index contributed by atoms with van der Waals surface area (Å²) in [7, 11) is 1.55. The van der Waals surface area contributed by atoms with Crippen molar-refractivity contribution in [3.05, 3.63) is 34.9 Å². The highest BCUT2D eigenvalue weighted by atomic mass is 35.5. The topological polar surface area (TPSA) is 29.5 Å². The van der Waals surface area contributed by atoms with E-state index in [0.717, 1.165) is 5.56 Å². The zero-order valence-electron chi connectivity index (χ0n) is 7.75.